The van der Waals surface area contributed by atoms with Crippen molar-refractivity contribution in [3.8, 4) is 11.4 Å². The van der Waals surface area contributed by atoms with Crippen molar-refractivity contribution in [3.05, 3.63) is 81.7 Å². The third-order valence-corrected chi connectivity index (χ3v) is 5.58. The number of hydrogen-bond acceptors (Lipinski definition) is 4. The minimum absolute atomic E-state index is 0.0345. The lowest BCUT2D eigenvalue weighted by molar-refractivity contribution is 0.223. The summed E-state index contributed by atoms with van der Waals surface area (Å²) in [5.74, 6) is -0.357. The summed E-state index contributed by atoms with van der Waals surface area (Å²) >= 11 is 6.31. The molecular weight excluding hydrogens is 412 g/mol. The van der Waals surface area contributed by atoms with Gasteiger partial charge in [0, 0.05) is 19.2 Å². The van der Waals surface area contributed by atoms with Crippen LogP contribution in [-0.4, -0.2) is 29.5 Å². The standard InChI is InChI=1S/C22H20ClF2N3O2/c23-21-20(13-26-28(22(21)29)19-7-6-16(24)12-18(19)25)27-10-8-15(9-11-27)14-30-17-4-2-1-3-5-17/h1-7,12-13,15H,8-11,14H2. The quantitative estimate of drug-likeness (QED) is 0.598. The van der Waals surface area contributed by atoms with Gasteiger partial charge in [0.2, 0.25) is 0 Å². The van der Waals surface area contributed by atoms with Crippen molar-refractivity contribution in [2.75, 3.05) is 24.6 Å². The Balaban J connectivity index is 1.44. The first-order chi connectivity index (χ1) is 14.5. The predicted molar refractivity (Wildman–Crippen MR) is 112 cm³/mol. The molecular formula is C22H20ClF2N3O2. The number of benzene rings is 2. The van der Waals surface area contributed by atoms with Gasteiger partial charge in [-0.2, -0.15) is 9.78 Å². The van der Waals surface area contributed by atoms with Gasteiger partial charge in [-0.3, -0.25) is 4.79 Å². The fourth-order valence-corrected chi connectivity index (χ4v) is 3.79. The summed E-state index contributed by atoms with van der Waals surface area (Å²) in [6.07, 6.45) is 3.23. The van der Waals surface area contributed by atoms with Crippen LogP contribution in [0.5, 0.6) is 5.75 Å². The largest absolute Gasteiger partial charge is 0.493 e. The van der Waals surface area contributed by atoms with Gasteiger partial charge in [-0.25, -0.2) is 8.78 Å². The van der Waals surface area contributed by atoms with Crippen LogP contribution >= 0.6 is 11.6 Å². The van der Waals surface area contributed by atoms with Crippen LogP contribution in [0.2, 0.25) is 5.02 Å². The first kappa shape index (κ1) is 20.3. The van der Waals surface area contributed by atoms with Crippen LogP contribution < -0.4 is 15.2 Å². The lowest BCUT2D eigenvalue weighted by Crippen LogP contribution is -2.37. The van der Waals surface area contributed by atoms with Gasteiger partial charge in [-0.15, -0.1) is 0 Å². The fraction of sp³-hybridized carbons (Fsp3) is 0.273. The molecule has 0 saturated carbocycles. The van der Waals surface area contributed by atoms with E-state index in [1.165, 1.54) is 6.20 Å². The van der Waals surface area contributed by atoms with Gasteiger partial charge in [-0.1, -0.05) is 29.8 Å². The molecule has 156 valence electrons. The Bertz CT molecular complexity index is 1080. The molecule has 3 aromatic rings. The average Bonchev–Trinajstić information content (AvgIpc) is 2.76. The predicted octanol–water partition coefficient (Wildman–Crippen LogP) is 4.46. The minimum atomic E-state index is -0.882. The Labute approximate surface area is 177 Å². The van der Waals surface area contributed by atoms with E-state index in [1.807, 2.05) is 35.2 Å². The Morgan fingerprint density at radius 2 is 1.80 bits per heavy atom. The van der Waals surface area contributed by atoms with Gasteiger partial charge in [-0.05, 0) is 43.0 Å². The van der Waals surface area contributed by atoms with E-state index < -0.39 is 17.2 Å². The second-order valence-corrected chi connectivity index (χ2v) is 7.59. The van der Waals surface area contributed by atoms with Gasteiger partial charge in [0.1, 0.15) is 22.3 Å². The molecule has 1 saturated heterocycles. The molecule has 0 unspecified atom stereocenters. The molecule has 0 atom stereocenters. The van der Waals surface area contributed by atoms with Crippen LogP contribution in [0.4, 0.5) is 14.5 Å². The molecule has 1 aliphatic rings. The molecule has 0 spiro atoms. The number of rotatable bonds is 5. The van der Waals surface area contributed by atoms with E-state index in [0.717, 1.165) is 35.4 Å². The molecule has 1 aliphatic heterocycles. The van der Waals surface area contributed by atoms with Crippen molar-refractivity contribution in [1.29, 1.82) is 0 Å². The Hall–Kier alpha value is -2.93. The van der Waals surface area contributed by atoms with Crippen molar-refractivity contribution in [1.82, 2.24) is 9.78 Å². The van der Waals surface area contributed by atoms with Crippen molar-refractivity contribution in [2.24, 2.45) is 5.92 Å². The summed E-state index contributed by atoms with van der Waals surface area (Å²) in [5.41, 5.74) is -0.274. The molecule has 2 heterocycles. The van der Waals surface area contributed by atoms with Crippen LogP contribution in [0.15, 0.2) is 59.5 Å². The van der Waals surface area contributed by atoms with E-state index in [-0.39, 0.29) is 10.7 Å². The molecule has 0 aliphatic carbocycles. The average molecular weight is 432 g/mol. The normalized spacial score (nSPS) is 14.7. The topological polar surface area (TPSA) is 47.4 Å². The van der Waals surface area contributed by atoms with Crippen LogP contribution in [-0.2, 0) is 0 Å². The SMILES string of the molecule is O=c1c(Cl)c(N2CCC(COc3ccccc3)CC2)cnn1-c1ccc(F)cc1F. The van der Waals surface area contributed by atoms with Crippen molar-refractivity contribution < 1.29 is 13.5 Å². The maximum absolute atomic E-state index is 14.0. The monoisotopic (exact) mass is 431 g/mol. The molecule has 8 heteroatoms. The van der Waals surface area contributed by atoms with E-state index in [1.54, 1.807) is 0 Å². The molecule has 0 N–H and O–H groups in total. The molecule has 1 aromatic heterocycles. The van der Waals surface area contributed by atoms with Crippen molar-refractivity contribution in [3.63, 3.8) is 0 Å². The lowest BCUT2D eigenvalue weighted by atomic mass is 9.97. The van der Waals surface area contributed by atoms with Gasteiger partial charge < -0.3 is 9.64 Å². The van der Waals surface area contributed by atoms with E-state index >= 15 is 0 Å². The summed E-state index contributed by atoms with van der Waals surface area (Å²) in [5, 5.41) is 4.03. The van der Waals surface area contributed by atoms with Crippen LogP contribution in [0.3, 0.4) is 0 Å². The molecule has 1 fully saturated rings. The third-order valence-electron chi connectivity index (χ3n) is 5.22. The number of aromatic nitrogens is 2. The van der Waals surface area contributed by atoms with Gasteiger partial charge in [0.15, 0.2) is 5.82 Å². The summed E-state index contributed by atoms with van der Waals surface area (Å²) in [6.45, 7) is 2.05. The number of para-hydroxylation sites is 1. The third kappa shape index (κ3) is 4.31. The molecule has 0 amide bonds. The summed E-state index contributed by atoms with van der Waals surface area (Å²) < 4.78 is 33.9. The number of hydrogen-bond donors (Lipinski definition) is 0. The number of ether oxygens (including phenoxy) is 1. The van der Waals surface area contributed by atoms with E-state index in [4.69, 9.17) is 16.3 Å². The van der Waals surface area contributed by atoms with E-state index in [2.05, 4.69) is 5.10 Å². The van der Waals surface area contributed by atoms with Crippen LogP contribution in [0.1, 0.15) is 12.8 Å². The Morgan fingerprint density at radius 1 is 1.07 bits per heavy atom. The smallest absolute Gasteiger partial charge is 0.292 e. The molecule has 2 aromatic carbocycles. The minimum Gasteiger partial charge on any atom is -0.493 e. The number of piperidine rings is 1. The van der Waals surface area contributed by atoms with Gasteiger partial charge >= 0.3 is 0 Å². The number of nitrogens with zero attached hydrogens (tertiary/aromatic N) is 3. The first-order valence-electron chi connectivity index (χ1n) is 9.69. The molecule has 5 nitrogen and oxygen atoms in total. The second kappa shape index (κ2) is 8.83. The molecule has 30 heavy (non-hydrogen) atoms. The van der Waals surface area contributed by atoms with Gasteiger partial charge in [0.05, 0.1) is 18.5 Å². The maximum atomic E-state index is 14.0. The summed E-state index contributed by atoms with van der Waals surface area (Å²) in [6, 6.07) is 12.6. The molecule has 4 rings (SSSR count). The molecule has 0 bridgehead atoms. The first-order valence-corrected chi connectivity index (χ1v) is 10.1. The second-order valence-electron chi connectivity index (χ2n) is 7.21. The highest BCUT2D eigenvalue weighted by Gasteiger charge is 2.24. The number of halogens is 3. The highest BCUT2D eigenvalue weighted by molar-refractivity contribution is 6.33. The lowest BCUT2D eigenvalue weighted by Gasteiger charge is -2.33. The van der Waals surface area contributed by atoms with Crippen LogP contribution in [0, 0.1) is 17.6 Å². The highest BCUT2D eigenvalue weighted by atomic mass is 35.5. The zero-order valence-corrected chi connectivity index (χ0v) is 16.9. The van der Waals surface area contributed by atoms with Crippen molar-refractivity contribution in [2.45, 2.75) is 12.8 Å². The Morgan fingerprint density at radius 3 is 2.50 bits per heavy atom. The number of anilines is 1. The van der Waals surface area contributed by atoms with Gasteiger partial charge in [0.25, 0.3) is 5.56 Å². The fourth-order valence-electron chi connectivity index (χ4n) is 3.54. The Kier molecular flexibility index (Phi) is 5.99. The highest BCUT2D eigenvalue weighted by Crippen LogP contribution is 2.28. The van der Waals surface area contributed by atoms with Crippen LogP contribution in [0.25, 0.3) is 5.69 Å². The summed E-state index contributed by atoms with van der Waals surface area (Å²) in [4.78, 5) is 14.7. The van der Waals surface area contributed by atoms with E-state index in [9.17, 15) is 13.6 Å². The zero-order valence-electron chi connectivity index (χ0n) is 16.1. The van der Waals surface area contributed by atoms with E-state index in [0.29, 0.717) is 37.4 Å². The zero-order chi connectivity index (χ0) is 21.1. The maximum Gasteiger partial charge on any atom is 0.292 e. The summed E-state index contributed by atoms with van der Waals surface area (Å²) in [7, 11) is 0. The van der Waals surface area contributed by atoms with Crippen molar-refractivity contribution >= 4 is 17.3 Å². The molecule has 0 radical (unpaired) electrons.